The lowest BCUT2D eigenvalue weighted by atomic mass is 10.2. The van der Waals surface area contributed by atoms with E-state index in [0.29, 0.717) is 5.92 Å². The molecule has 0 spiro atoms. The van der Waals surface area contributed by atoms with Crippen LogP contribution < -0.4 is 5.32 Å². The third kappa shape index (κ3) is 4.77. The van der Waals surface area contributed by atoms with Gasteiger partial charge in [0.05, 0.1) is 5.69 Å². The van der Waals surface area contributed by atoms with Crippen LogP contribution in [-0.4, -0.2) is 28.0 Å². The highest BCUT2D eigenvalue weighted by Gasteiger charge is 2.03. The number of aliphatic hydroxyl groups excluding tert-OH is 1. The second-order valence-electron chi connectivity index (χ2n) is 4.51. The van der Waals surface area contributed by atoms with Crippen molar-refractivity contribution < 1.29 is 5.11 Å². The maximum atomic E-state index is 8.65. The van der Waals surface area contributed by atoms with E-state index in [9.17, 15) is 0 Å². The van der Waals surface area contributed by atoms with Crippen molar-refractivity contribution >= 4 is 0 Å². The Morgan fingerprint density at radius 1 is 1.44 bits per heavy atom. The zero-order valence-electron chi connectivity index (χ0n) is 10.3. The van der Waals surface area contributed by atoms with Crippen LogP contribution in [0.2, 0.25) is 0 Å². The van der Waals surface area contributed by atoms with Gasteiger partial charge in [0.1, 0.15) is 0 Å². The summed E-state index contributed by atoms with van der Waals surface area (Å²) in [5.74, 6) is 0.619. The second kappa shape index (κ2) is 7.41. The average Bonchev–Trinajstić information content (AvgIpc) is 2.64. The molecule has 0 bridgehead atoms. The van der Waals surface area contributed by atoms with Gasteiger partial charge >= 0.3 is 0 Å². The van der Waals surface area contributed by atoms with E-state index in [1.54, 1.807) is 0 Å². The fraction of sp³-hybridized carbons (Fsp3) is 0.750. The topological polar surface area (TPSA) is 50.1 Å². The molecule has 1 aromatic rings. The number of hydrogen-bond donors (Lipinski definition) is 2. The molecule has 2 N–H and O–H groups in total. The molecule has 0 aliphatic rings. The number of hydrogen-bond acceptors (Lipinski definition) is 3. The lowest BCUT2D eigenvalue weighted by Crippen LogP contribution is -2.19. The minimum absolute atomic E-state index is 0.285. The van der Waals surface area contributed by atoms with Gasteiger partial charge in [-0.3, -0.25) is 4.68 Å². The molecule has 0 unspecified atom stereocenters. The lowest BCUT2D eigenvalue weighted by Gasteiger charge is -2.10. The first-order chi connectivity index (χ1) is 7.74. The van der Waals surface area contributed by atoms with Crippen molar-refractivity contribution in [1.82, 2.24) is 15.1 Å². The van der Waals surface area contributed by atoms with Crippen LogP contribution in [0.25, 0.3) is 0 Å². The predicted octanol–water partition coefficient (Wildman–Crippen LogP) is 1.40. The van der Waals surface area contributed by atoms with E-state index in [2.05, 4.69) is 35.0 Å². The van der Waals surface area contributed by atoms with Gasteiger partial charge in [0.15, 0.2) is 0 Å². The van der Waals surface area contributed by atoms with Gasteiger partial charge in [-0.05, 0) is 31.4 Å². The van der Waals surface area contributed by atoms with Gasteiger partial charge < -0.3 is 10.4 Å². The average molecular weight is 225 g/mol. The zero-order chi connectivity index (χ0) is 11.8. The van der Waals surface area contributed by atoms with E-state index in [1.807, 2.05) is 6.20 Å². The maximum Gasteiger partial charge on any atom is 0.0522 e. The van der Waals surface area contributed by atoms with Crippen molar-refractivity contribution in [3.63, 3.8) is 0 Å². The quantitative estimate of drug-likeness (QED) is 0.658. The summed E-state index contributed by atoms with van der Waals surface area (Å²) in [5.41, 5.74) is 1.23. The molecule has 0 aliphatic carbocycles. The summed E-state index contributed by atoms with van der Waals surface area (Å²) in [4.78, 5) is 0. The number of nitrogens with zero attached hydrogens (tertiary/aromatic N) is 2. The van der Waals surface area contributed by atoms with Crippen molar-refractivity contribution in [3.05, 3.63) is 18.0 Å². The van der Waals surface area contributed by atoms with Crippen LogP contribution in [-0.2, 0) is 13.1 Å². The fourth-order valence-electron chi connectivity index (χ4n) is 1.60. The maximum absolute atomic E-state index is 8.65. The fourth-order valence-corrected chi connectivity index (χ4v) is 1.60. The minimum atomic E-state index is 0.285. The molecule has 4 nitrogen and oxygen atoms in total. The molecule has 4 heteroatoms. The molecule has 0 amide bonds. The van der Waals surface area contributed by atoms with E-state index in [1.165, 1.54) is 5.69 Å². The number of rotatable bonds is 8. The van der Waals surface area contributed by atoms with Crippen molar-refractivity contribution in [2.45, 2.75) is 39.8 Å². The number of unbranched alkanes of at least 4 members (excludes halogenated alkanes) is 1. The van der Waals surface area contributed by atoms with Crippen molar-refractivity contribution in [2.24, 2.45) is 5.92 Å². The second-order valence-corrected chi connectivity index (χ2v) is 4.51. The molecular formula is C12H23N3O. The summed E-state index contributed by atoms with van der Waals surface area (Å²) in [7, 11) is 0. The summed E-state index contributed by atoms with van der Waals surface area (Å²) in [6.07, 6.45) is 3.75. The van der Waals surface area contributed by atoms with Gasteiger partial charge in [-0.25, -0.2) is 0 Å². The highest BCUT2D eigenvalue weighted by molar-refractivity contribution is 5.00. The Bertz CT molecular complexity index is 284. The van der Waals surface area contributed by atoms with Crippen LogP contribution in [0.1, 0.15) is 32.4 Å². The van der Waals surface area contributed by atoms with E-state index in [-0.39, 0.29) is 6.61 Å². The summed E-state index contributed by atoms with van der Waals surface area (Å²) >= 11 is 0. The lowest BCUT2D eigenvalue weighted by molar-refractivity contribution is 0.283. The van der Waals surface area contributed by atoms with Crippen LogP contribution in [0, 0.1) is 5.92 Å². The third-order valence-electron chi connectivity index (χ3n) is 2.41. The molecule has 16 heavy (non-hydrogen) atoms. The van der Waals surface area contributed by atoms with Gasteiger partial charge in [0.25, 0.3) is 0 Å². The normalized spacial score (nSPS) is 11.2. The van der Waals surface area contributed by atoms with E-state index in [0.717, 1.165) is 32.5 Å². The van der Waals surface area contributed by atoms with Gasteiger partial charge in [-0.15, -0.1) is 0 Å². The Morgan fingerprint density at radius 2 is 2.25 bits per heavy atom. The standard InChI is InChI=1S/C12H23N3O/c1-11(2)10-15-12(5-7-14-15)9-13-6-3-4-8-16/h5,7,11,13,16H,3-4,6,8-10H2,1-2H3. The highest BCUT2D eigenvalue weighted by atomic mass is 16.2. The number of aromatic nitrogens is 2. The molecule has 0 aliphatic heterocycles. The van der Waals surface area contributed by atoms with Crippen molar-refractivity contribution in [1.29, 1.82) is 0 Å². The smallest absolute Gasteiger partial charge is 0.0522 e. The van der Waals surface area contributed by atoms with Gasteiger partial charge in [0.2, 0.25) is 0 Å². The largest absolute Gasteiger partial charge is 0.396 e. The number of nitrogens with one attached hydrogen (secondary N) is 1. The molecule has 0 atom stereocenters. The molecule has 0 fully saturated rings. The van der Waals surface area contributed by atoms with Gasteiger partial charge in [-0.1, -0.05) is 13.8 Å². The van der Waals surface area contributed by atoms with Crippen LogP contribution in [0.3, 0.4) is 0 Å². The molecule has 92 valence electrons. The summed E-state index contributed by atoms with van der Waals surface area (Å²) in [5, 5.41) is 16.3. The molecule has 0 aromatic carbocycles. The molecule has 1 rings (SSSR count). The Morgan fingerprint density at radius 3 is 2.94 bits per heavy atom. The monoisotopic (exact) mass is 225 g/mol. The molecule has 1 aromatic heterocycles. The molecular weight excluding hydrogens is 202 g/mol. The van der Waals surface area contributed by atoms with Crippen molar-refractivity contribution in [2.75, 3.05) is 13.2 Å². The Labute approximate surface area is 97.7 Å². The van der Waals surface area contributed by atoms with Gasteiger partial charge in [0, 0.05) is 25.9 Å². The third-order valence-corrected chi connectivity index (χ3v) is 2.41. The molecule has 0 radical (unpaired) electrons. The van der Waals surface area contributed by atoms with Crippen molar-refractivity contribution in [3.8, 4) is 0 Å². The minimum Gasteiger partial charge on any atom is -0.396 e. The van der Waals surface area contributed by atoms with Crippen LogP contribution >= 0.6 is 0 Å². The van der Waals surface area contributed by atoms with E-state index < -0.39 is 0 Å². The van der Waals surface area contributed by atoms with E-state index in [4.69, 9.17) is 5.11 Å². The van der Waals surface area contributed by atoms with E-state index >= 15 is 0 Å². The Balaban J connectivity index is 2.27. The van der Waals surface area contributed by atoms with Gasteiger partial charge in [-0.2, -0.15) is 5.10 Å². The highest BCUT2D eigenvalue weighted by Crippen LogP contribution is 2.03. The van der Waals surface area contributed by atoms with Crippen LogP contribution in [0.4, 0.5) is 0 Å². The first-order valence-corrected chi connectivity index (χ1v) is 6.06. The molecule has 0 saturated heterocycles. The molecule has 0 saturated carbocycles. The Hall–Kier alpha value is -0.870. The SMILES string of the molecule is CC(C)Cn1nccc1CNCCCCO. The number of aliphatic hydroxyl groups is 1. The van der Waals surface area contributed by atoms with Crippen LogP contribution in [0.5, 0.6) is 0 Å². The summed E-state index contributed by atoms with van der Waals surface area (Å²) in [6.45, 7) is 7.46. The Kier molecular flexibility index (Phi) is 6.11. The predicted molar refractivity (Wildman–Crippen MR) is 65.1 cm³/mol. The zero-order valence-corrected chi connectivity index (χ0v) is 10.3. The first kappa shape index (κ1) is 13.2. The van der Waals surface area contributed by atoms with Crippen LogP contribution in [0.15, 0.2) is 12.3 Å². The molecule has 1 heterocycles. The summed E-state index contributed by atoms with van der Waals surface area (Å²) < 4.78 is 2.06. The first-order valence-electron chi connectivity index (χ1n) is 6.06. The summed E-state index contributed by atoms with van der Waals surface area (Å²) in [6, 6.07) is 2.06.